The van der Waals surface area contributed by atoms with Crippen LogP contribution in [0.2, 0.25) is 0 Å². The van der Waals surface area contributed by atoms with Crippen molar-refractivity contribution in [3.05, 3.63) is 84.1 Å². The molecule has 4 N–H and O–H groups in total. The number of para-hydroxylation sites is 2. The van der Waals surface area contributed by atoms with E-state index < -0.39 is 12.5 Å². The van der Waals surface area contributed by atoms with Crippen LogP contribution < -0.4 is 20.7 Å². The van der Waals surface area contributed by atoms with Crippen molar-refractivity contribution in [1.82, 2.24) is 5.32 Å². The van der Waals surface area contributed by atoms with Crippen molar-refractivity contribution in [3.63, 3.8) is 0 Å². The van der Waals surface area contributed by atoms with Gasteiger partial charge in [-0.05, 0) is 50.6 Å². The normalized spacial score (nSPS) is 10.9. The standard InChI is InChI=1S/C16H18ClN3O.C10H13NO3/c1-5-12(17)16(18-11(3)4)20-14-10-8-7-9-13(14)19-15(21)6-2;1-7-3-4-8(5-9(7)14-2)11-10(13)6-12/h5-10H,2-3H2,1,4H3,(H,18,20)(H,19,21);3-5,12H,6H2,1-2H3,(H,11,13)/b12-5+;. The van der Waals surface area contributed by atoms with Gasteiger partial charge in [0, 0.05) is 17.5 Å². The van der Waals surface area contributed by atoms with E-state index in [4.69, 9.17) is 21.4 Å². The minimum absolute atomic E-state index is 0.302. The molecule has 0 aliphatic heterocycles. The third kappa shape index (κ3) is 10.3. The van der Waals surface area contributed by atoms with Gasteiger partial charge in [0.2, 0.25) is 11.8 Å². The number of halogens is 1. The Morgan fingerprint density at radius 3 is 2.46 bits per heavy atom. The number of ether oxygens (including phenoxy) is 1. The molecule has 8 nitrogen and oxygen atoms in total. The Labute approximate surface area is 211 Å². The van der Waals surface area contributed by atoms with Crippen LogP contribution in [-0.2, 0) is 9.59 Å². The van der Waals surface area contributed by atoms with Crippen LogP contribution in [0.25, 0.3) is 0 Å². The Hall–Kier alpha value is -3.88. The van der Waals surface area contributed by atoms with Crippen molar-refractivity contribution in [3.8, 4) is 5.75 Å². The van der Waals surface area contributed by atoms with Crippen LogP contribution in [0.15, 0.2) is 83.5 Å². The van der Waals surface area contributed by atoms with Crippen LogP contribution >= 0.6 is 11.6 Å². The summed E-state index contributed by atoms with van der Waals surface area (Å²) in [5, 5.41) is 17.2. The first-order valence-electron chi connectivity index (χ1n) is 10.6. The number of aliphatic hydroxyl groups is 1. The Balaban J connectivity index is 0.000000379. The molecule has 9 heteroatoms. The number of methoxy groups -OCH3 is 1. The predicted octanol–water partition coefficient (Wildman–Crippen LogP) is 5.04. The fourth-order valence-electron chi connectivity index (χ4n) is 2.56. The van der Waals surface area contributed by atoms with Gasteiger partial charge in [0.05, 0.1) is 23.5 Å². The van der Waals surface area contributed by atoms with Gasteiger partial charge in [0.1, 0.15) is 18.2 Å². The van der Waals surface area contributed by atoms with E-state index in [0.29, 0.717) is 39.4 Å². The van der Waals surface area contributed by atoms with Gasteiger partial charge in [-0.25, -0.2) is 4.99 Å². The minimum atomic E-state index is -0.518. The van der Waals surface area contributed by atoms with E-state index in [1.54, 1.807) is 50.4 Å². The second kappa shape index (κ2) is 15.1. The number of carbonyl (C=O) groups excluding carboxylic acids is 2. The van der Waals surface area contributed by atoms with Crippen LogP contribution in [0.1, 0.15) is 19.4 Å². The molecule has 0 atom stereocenters. The number of amides is 2. The first-order chi connectivity index (χ1) is 16.6. The molecule has 2 rings (SSSR count). The molecule has 0 aliphatic rings. The lowest BCUT2D eigenvalue weighted by Crippen LogP contribution is -2.21. The number of rotatable bonds is 8. The number of amidine groups is 1. The van der Waals surface area contributed by atoms with Gasteiger partial charge in [0.25, 0.3) is 0 Å². The lowest BCUT2D eigenvalue weighted by atomic mass is 10.2. The van der Waals surface area contributed by atoms with Crippen molar-refractivity contribution in [1.29, 1.82) is 0 Å². The number of hydrogen-bond donors (Lipinski definition) is 4. The fourth-order valence-corrected chi connectivity index (χ4v) is 2.65. The summed E-state index contributed by atoms with van der Waals surface area (Å²) in [7, 11) is 1.57. The molecule has 2 aromatic rings. The molecule has 186 valence electrons. The molecular formula is C26H31ClN4O4. The summed E-state index contributed by atoms with van der Waals surface area (Å²) in [6.45, 7) is 12.2. The highest BCUT2D eigenvalue weighted by Gasteiger charge is 2.08. The van der Waals surface area contributed by atoms with Gasteiger partial charge in [-0.15, -0.1) is 0 Å². The minimum Gasteiger partial charge on any atom is -0.496 e. The number of allylic oxidation sites excluding steroid dienone is 2. The van der Waals surface area contributed by atoms with Crippen LogP contribution in [0.3, 0.4) is 0 Å². The lowest BCUT2D eigenvalue weighted by molar-refractivity contribution is -0.118. The number of nitrogens with one attached hydrogen (secondary N) is 3. The number of aliphatic imine (C=N–C) groups is 1. The van der Waals surface area contributed by atoms with Gasteiger partial charge in [-0.2, -0.15) is 0 Å². The van der Waals surface area contributed by atoms with E-state index in [1.807, 2.05) is 26.0 Å². The van der Waals surface area contributed by atoms with Crippen molar-refractivity contribution >= 4 is 46.3 Å². The van der Waals surface area contributed by atoms with Crippen molar-refractivity contribution in [2.45, 2.75) is 20.8 Å². The first kappa shape index (κ1) is 29.2. The van der Waals surface area contributed by atoms with E-state index in [9.17, 15) is 9.59 Å². The monoisotopic (exact) mass is 498 g/mol. The second-order valence-electron chi connectivity index (χ2n) is 7.10. The fraction of sp³-hybridized carbons (Fsp3) is 0.192. The summed E-state index contributed by atoms with van der Waals surface area (Å²) in [6, 6.07) is 12.5. The largest absolute Gasteiger partial charge is 0.496 e. The summed E-state index contributed by atoms with van der Waals surface area (Å²) in [5.74, 6) is 0.438. The van der Waals surface area contributed by atoms with Gasteiger partial charge >= 0.3 is 0 Å². The first-order valence-corrected chi connectivity index (χ1v) is 10.9. The molecule has 2 amide bonds. The summed E-state index contributed by atoms with van der Waals surface area (Å²) in [5.41, 5.74) is 3.47. The SMILES string of the molecule is C=CC(=O)Nc1ccccc1N=C(NC(=C)C)/C(Cl)=C\C.COc1cc(NC(=O)CO)ccc1C. The van der Waals surface area contributed by atoms with Gasteiger partial charge < -0.3 is 25.8 Å². The third-order valence-corrected chi connectivity index (χ3v) is 4.62. The van der Waals surface area contributed by atoms with E-state index >= 15 is 0 Å². The number of benzene rings is 2. The van der Waals surface area contributed by atoms with Gasteiger partial charge in [0.15, 0.2) is 0 Å². The Morgan fingerprint density at radius 2 is 1.89 bits per heavy atom. The molecule has 0 saturated heterocycles. The van der Waals surface area contributed by atoms with Crippen LogP contribution in [0.5, 0.6) is 5.75 Å². The molecule has 0 saturated carbocycles. The average molecular weight is 499 g/mol. The average Bonchev–Trinajstić information content (AvgIpc) is 2.85. The number of aryl methyl sites for hydroxylation is 1. The number of aliphatic hydroxyl groups excluding tert-OH is 1. The van der Waals surface area contributed by atoms with Crippen molar-refractivity contribution < 1.29 is 19.4 Å². The molecule has 0 bridgehead atoms. The smallest absolute Gasteiger partial charge is 0.250 e. The summed E-state index contributed by atoms with van der Waals surface area (Å²) in [4.78, 5) is 26.8. The number of nitrogens with zero attached hydrogens (tertiary/aromatic N) is 1. The van der Waals surface area contributed by atoms with Crippen molar-refractivity contribution in [2.75, 3.05) is 24.4 Å². The summed E-state index contributed by atoms with van der Waals surface area (Å²) >= 11 is 6.13. The van der Waals surface area contributed by atoms with E-state index in [0.717, 1.165) is 5.56 Å². The van der Waals surface area contributed by atoms with Crippen LogP contribution in [0.4, 0.5) is 17.1 Å². The van der Waals surface area contributed by atoms with Crippen LogP contribution in [0, 0.1) is 6.92 Å². The third-order valence-electron chi connectivity index (χ3n) is 4.23. The lowest BCUT2D eigenvalue weighted by Gasteiger charge is -2.11. The molecule has 0 unspecified atom stereocenters. The Bertz CT molecular complexity index is 1130. The molecule has 35 heavy (non-hydrogen) atoms. The Kier molecular flexibility index (Phi) is 12.6. The molecule has 0 heterocycles. The summed E-state index contributed by atoms with van der Waals surface area (Å²) < 4.78 is 5.09. The maximum absolute atomic E-state index is 11.4. The second-order valence-corrected chi connectivity index (χ2v) is 7.51. The zero-order valence-corrected chi connectivity index (χ0v) is 21.1. The maximum atomic E-state index is 11.4. The zero-order chi connectivity index (χ0) is 26.4. The van der Waals surface area contributed by atoms with Crippen molar-refractivity contribution in [2.24, 2.45) is 4.99 Å². The molecule has 0 aliphatic carbocycles. The van der Waals surface area contributed by atoms with E-state index in [-0.39, 0.29) is 5.91 Å². The summed E-state index contributed by atoms with van der Waals surface area (Å²) in [6.07, 6.45) is 2.92. The zero-order valence-electron chi connectivity index (χ0n) is 20.3. The number of carbonyl (C=O) groups is 2. The molecule has 2 aromatic carbocycles. The highest BCUT2D eigenvalue weighted by atomic mass is 35.5. The molecule has 0 fully saturated rings. The van der Waals surface area contributed by atoms with E-state index in [1.165, 1.54) is 6.08 Å². The highest BCUT2D eigenvalue weighted by molar-refractivity contribution is 6.43. The molecule has 0 aromatic heterocycles. The van der Waals surface area contributed by atoms with Gasteiger partial charge in [-0.3, -0.25) is 9.59 Å². The van der Waals surface area contributed by atoms with E-state index in [2.05, 4.69) is 34.1 Å². The maximum Gasteiger partial charge on any atom is 0.250 e. The molecule has 0 radical (unpaired) electrons. The van der Waals surface area contributed by atoms with Crippen LogP contribution in [-0.4, -0.2) is 36.5 Å². The molecular weight excluding hydrogens is 468 g/mol. The predicted molar refractivity (Wildman–Crippen MR) is 143 cm³/mol. The quantitative estimate of drug-likeness (QED) is 0.231. The number of hydrogen-bond acceptors (Lipinski definition) is 5. The molecule has 0 spiro atoms. The highest BCUT2D eigenvalue weighted by Crippen LogP contribution is 2.25. The van der Waals surface area contributed by atoms with Gasteiger partial charge in [-0.1, -0.05) is 49.0 Å². The Morgan fingerprint density at radius 1 is 1.20 bits per heavy atom. The topological polar surface area (TPSA) is 112 Å². The number of anilines is 2.